The predicted molar refractivity (Wildman–Crippen MR) is 90.0 cm³/mol. The van der Waals surface area contributed by atoms with Crippen molar-refractivity contribution in [2.24, 2.45) is 5.92 Å². The summed E-state index contributed by atoms with van der Waals surface area (Å²) in [6.07, 6.45) is 2.06. The average molecular weight is 313 g/mol. The normalized spacial score (nSPS) is 10.8. The van der Waals surface area contributed by atoms with E-state index in [-0.39, 0.29) is 0 Å². The second-order valence-corrected chi connectivity index (χ2v) is 6.18. The van der Waals surface area contributed by atoms with Crippen LogP contribution in [0, 0.1) is 5.92 Å². The molecular weight excluding hydrogens is 286 g/mol. The highest BCUT2D eigenvalue weighted by atomic mass is 32.2. The van der Waals surface area contributed by atoms with Gasteiger partial charge in [-0.1, -0.05) is 13.8 Å². The first kappa shape index (κ1) is 18.0. The number of rotatable bonds is 10. The Morgan fingerprint density at radius 1 is 1.14 bits per heavy atom. The highest BCUT2D eigenvalue weighted by Gasteiger charge is 2.14. The van der Waals surface area contributed by atoms with Gasteiger partial charge < -0.3 is 19.5 Å². The molecule has 5 heteroatoms. The molecule has 1 aromatic carbocycles. The minimum Gasteiger partial charge on any atom is -0.493 e. The lowest BCUT2D eigenvalue weighted by molar-refractivity contribution is 0.290. The zero-order valence-corrected chi connectivity index (χ0v) is 14.5. The van der Waals surface area contributed by atoms with E-state index in [2.05, 4.69) is 25.4 Å². The van der Waals surface area contributed by atoms with Gasteiger partial charge in [-0.2, -0.15) is 11.8 Å². The van der Waals surface area contributed by atoms with E-state index in [1.807, 2.05) is 12.1 Å². The van der Waals surface area contributed by atoms with Crippen molar-refractivity contribution in [1.82, 2.24) is 5.32 Å². The monoisotopic (exact) mass is 313 g/mol. The third kappa shape index (κ3) is 6.06. The van der Waals surface area contributed by atoms with Crippen molar-refractivity contribution >= 4 is 11.8 Å². The number of ether oxygens (including phenoxy) is 3. The molecule has 120 valence electrons. The van der Waals surface area contributed by atoms with Crippen LogP contribution in [0.25, 0.3) is 0 Å². The fourth-order valence-corrected chi connectivity index (χ4v) is 2.16. The van der Waals surface area contributed by atoms with E-state index in [4.69, 9.17) is 14.2 Å². The summed E-state index contributed by atoms with van der Waals surface area (Å²) in [5.74, 6) is 3.68. The first-order valence-electron chi connectivity index (χ1n) is 7.19. The lowest BCUT2D eigenvalue weighted by Crippen LogP contribution is -2.19. The minimum atomic E-state index is 0.628. The Morgan fingerprint density at radius 3 is 2.24 bits per heavy atom. The van der Waals surface area contributed by atoms with Crippen LogP contribution >= 0.6 is 11.8 Å². The molecule has 0 atom stereocenters. The Kier molecular flexibility index (Phi) is 8.38. The van der Waals surface area contributed by atoms with Crippen molar-refractivity contribution in [1.29, 1.82) is 0 Å². The van der Waals surface area contributed by atoms with Crippen molar-refractivity contribution in [3.05, 3.63) is 17.7 Å². The number of benzene rings is 1. The molecule has 0 aliphatic carbocycles. The molecule has 0 aliphatic rings. The Bertz CT molecular complexity index is 399. The molecule has 1 rings (SSSR count). The average Bonchev–Trinajstić information content (AvgIpc) is 2.47. The van der Waals surface area contributed by atoms with Crippen LogP contribution in [0.5, 0.6) is 17.2 Å². The maximum absolute atomic E-state index is 5.80. The van der Waals surface area contributed by atoms with E-state index in [1.54, 1.807) is 26.0 Å². The van der Waals surface area contributed by atoms with Crippen molar-refractivity contribution in [2.75, 3.05) is 39.4 Å². The van der Waals surface area contributed by atoms with Gasteiger partial charge in [0, 0.05) is 12.3 Å². The number of methoxy groups -OCH3 is 2. The van der Waals surface area contributed by atoms with Gasteiger partial charge in [0.05, 0.1) is 20.8 Å². The van der Waals surface area contributed by atoms with Crippen molar-refractivity contribution in [3.8, 4) is 17.2 Å². The van der Waals surface area contributed by atoms with Crippen molar-refractivity contribution in [2.45, 2.75) is 20.4 Å². The van der Waals surface area contributed by atoms with Crippen LogP contribution in [0.2, 0.25) is 0 Å². The Balaban J connectivity index is 2.84. The van der Waals surface area contributed by atoms with Crippen molar-refractivity contribution in [3.63, 3.8) is 0 Å². The molecule has 0 aromatic heterocycles. The maximum atomic E-state index is 5.80. The third-order valence-electron chi connectivity index (χ3n) is 2.94. The summed E-state index contributed by atoms with van der Waals surface area (Å²) in [7, 11) is 3.31. The molecule has 0 bridgehead atoms. The van der Waals surface area contributed by atoms with Crippen LogP contribution in [-0.2, 0) is 6.54 Å². The SMILES string of the molecule is COc1cc(CNCC(C)C)cc(OC)c1OCCSC. The van der Waals surface area contributed by atoms with E-state index in [1.165, 1.54) is 0 Å². The van der Waals surface area contributed by atoms with E-state index in [9.17, 15) is 0 Å². The first-order valence-corrected chi connectivity index (χ1v) is 8.59. The Labute approximate surface area is 132 Å². The molecule has 0 heterocycles. The van der Waals surface area contributed by atoms with E-state index in [0.29, 0.717) is 18.3 Å². The lowest BCUT2D eigenvalue weighted by Gasteiger charge is -2.16. The summed E-state index contributed by atoms with van der Waals surface area (Å²) >= 11 is 1.75. The molecule has 0 saturated carbocycles. The number of nitrogens with one attached hydrogen (secondary N) is 1. The molecule has 21 heavy (non-hydrogen) atoms. The second kappa shape index (κ2) is 9.79. The van der Waals surface area contributed by atoms with Gasteiger partial charge in [-0.15, -0.1) is 0 Å². The number of thioether (sulfide) groups is 1. The number of hydrogen-bond donors (Lipinski definition) is 1. The zero-order chi connectivity index (χ0) is 15.7. The van der Waals surface area contributed by atoms with Crippen LogP contribution < -0.4 is 19.5 Å². The van der Waals surface area contributed by atoms with Gasteiger partial charge in [0.1, 0.15) is 0 Å². The summed E-state index contributed by atoms with van der Waals surface area (Å²) in [5.41, 5.74) is 1.13. The molecule has 0 aliphatic heterocycles. The fraction of sp³-hybridized carbons (Fsp3) is 0.625. The van der Waals surface area contributed by atoms with Gasteiger partial charge in [0.2, 0.25) is 5.75 Å². The third-order valence-corrected chi connectivity index (χ3v) is 3.51. The molecule has 1 aromatic rings. The molecule has 0 fully saturated rings. The van der Waals surface area contributed by atoms with Gasteiger partial charge >= 0.3 is 0 Å². The van der Waals surface area contributed by atoms with Crippen LogP contribution in [0.15, 0.2) is 12.1 Å². The van der Waals surface area contributed by atoms with Crippen LogP contribution in [0.1, 0.15) is 19.4 Å². The fourth-order valence-electron chi connectivity index (χ4n) is 1.91. The Morgan fingerprint density at radius 2 is 1.76 bits per heavy atom. The molecular formula is C16H27NO3S. The highest BCUT2D eigenvalue weighted by Crippen LogP contribution is 2.38. The van der Waals surface area contributed by atoms with Gasteiger partial charge in [0.15, 0.2) is 11.5 Å². The van der Waals surface area contributed by atoms with E-state index >= 15 is 0 Å². The smallest absolute Gasteiger partial charge is 0.203 e. The van der Waals surface area contributed by atoms with Gasteiger partial charge in [-0.3, -0.25) is 0 Å². The lowest BCUT2D eigenvalue weighted by atomic mass is 10.1. The minimum absolute atomic E-state index is 0.628. The Hall–Kier alpha value is -1.07. The predicted octanol–water partition coefficient (Wildman–Crippen LogP) is 3.19. The molecule has 0 unspecified atom stereocenters. The van der Waals surface area contributed by atoms with Gasteiger partial charge in [-0.05, 0) is 36.4 Å². The summed E-state index contributed by atoms with van der Waals surface area (Å²) in [5, 5.41) is 3.42. The summed E-state index contributed by atoms with van der Waals surface area (Å²) in [6, 6.07) is 4.01. The summed E-state index contributed by atoms with van der Waals surface area (Å²) in [4.78, 5) is 0. The van der Waals surface area contributed by atoms with Gasteiger partial charge in [-0.25, -0.2) is 0 Å². The van der Waals surface area contributed by atoms with Crippen LogP contribution in [0.3, 0.4) is 0 Å². The van der Waals surface area contributed by atoms with E-state index in [0.717, 1.165) is 35.9 Å². The molecule has 1 N–H and O–H groups in total. The quantitative estimate of drug-likeness (QED) is 0.672. The standard InChI is InChI=1S/C16H27NO3S/c1-12(2)10-17-11-13-8-14(18-3)16(15(9-13)19-4)20-6-7-21-5/h8-9,12,17H,6-7,10-11H2,1-5H3. The molecule has 0 amide bonds. The van der Waals surface area contributed by atoms with Crippen molar-refractivity contribution < 1.29 is 14.2 Å². The molecule has 0 saturated heterocycles. The summed E-state index contributed by atoms with van der Waals surface area (Å²) in [6.45, 7) is 6.79. The topological polar surface area (TPSA) is 39.7 Å². The van der Waals surface area contributed by atoms with Gasteiger partial charge in [0.25, 0.3) is 0 Å². The molecule has 0 radical (unpaired) electrons. The molecule has 4 nitrogen and oxygen atoms in total. The molecule has 0 spiro atoms. The number of hydrogen-bond acceptors (Lipinski definition) is 5. The largest absolute Gasteiger partial charge is 0.493 e. The maximum Gasteiger partial charge on any atom is 0.203 e. The van der Waals surface area contributed by atoms with E-state index < -0.39 is 0 Å². The second-order valence-electron chi connectivity index (χ2n) is 5.20. The zero-order valence-electron chi connectivity index (χ0n) is 13.7. The van der Waals surface area contributed by atoms with Crippen LogP contribution in [-0.4, -0.2) is 39.4 Å². The first-order chi connectivity index (χ1) is 10.1. The summed E-state index contributed by atoms with van der Waals surface area (Å²) < 4.78 is 16.7. The van der Waals surface area contributed by atoms with Crippen LogP contribution in [0.4, 0.5) is 0 Å². The highest BCUT2D eigenvalue weighted by molar-refractivity contribution is 7.98.